The molecule has 0 spiro atoms. The van der Waals surface area contributed by atoms with Gasteiger partial charge in [-0.3, -0.25) is 9.59 Å². The van der Waals surface area contributed by atoms with Crippen LogP contribution < -0.4 is 15.6 Å². The third-order valence-corrected chi connectivity index (χ3v) is 4.03. The minimum absolute atomic E-state index is 0.00830. The number of nitrogens with one attached hydrogen (secondary N) is 2. The Morgan fingerprint density at radius 3 is 2.50 bits per heavy atom. The summed E-state index contributed by atoms with van der Waals surface area (Å²) in [5, 5.41) is 2.89. The molecule has 1 aliphatic rings. The van der Waals surface area contributed by atoms with E-state index in [1.807, 2.05) is 27.7 Å². The van der Waals surface area contributed by atoms with Crippen molar-refractivity contribution in [3.8, 4) is 0 Å². The van der Waals surface area contributed by atoms with Crippen molar-refractivity contribution in [2.75, 3.05) is 18.0 Å². The van der Waals surface area contributed by atoms with Crippen LogP contribution in [0.15, 0.2) is 10.9 Å². The van der Waals surface area contributed by atoms with Crippen LogP contribution in [0.5, 0.6) is 0 Å². The summed E-state index contributed by atoms with van der Waals surface area (Å²) in [5.74, 6) is 0.830. The largest absolute Gasteiger partial charge is 0.358 e. The number of aryl methyl sites for hydroxylation is 1. The Hall–Kier alpha value is -1.78. The van der Waals surface area contributed by atoms with Gasteiger partial charge in [0.05, 0.1) is 12.1 Å². The normalized spacial score (nSPS) is 15.7. The fourth-order valence-corrected chi connectivity index (χ4v) is 2.69. The number of piperidine rings is 1. The summed E-state index contributed by atoms with van der Waals surface area (Å²) in [6, 6.07) is 1.60. The van der Waals surface area contributed by atoms with Gasteiger partial charge in [-0.2, -0.15) is 0 Å². The number of carbonyl (C=O) groups excluding carboxylic acids is 1. The molecule has 5 nitrogen and oxygen atoms in total. The van der Waals surface area contributed by atoms with Gasteiger partial charge >= 0.3 is 0 Å². The molecule has 2 rings (SSSR count). The number of rotatable bonds is 3. The molecule has 1 fully saturated rings. The molecule has 0 saturated carbocycles. The van der Waals surface area contributed by atoms with Crippen molar-refractivity contribution in [2.24, 2.45) is 5.41 Å². The van der Waals surface area contributed by atoms with Gasteiger partial charge in [-0.25, -0.2) is 0 Å². The molecule has 122 valence electrons. The summed E-state index contributed by atoms with van der Waals surface area (Å²) in [6.07, 6.45) is 3.52. The fourth-order valence-electron chi connectivity index (χ4n) is 2.69. The second-order valence-electron chi connectivity index (χ2n) is 7.12. The van der Waals surface area contributed by atoms with E-state index in [1.165, 1.54) is 6.42 Å². The van der Waals surface area contributed by atoms with E-state index in [0.717, 1.165) is 37.4 Å². The smallest absolute Gasteiger partial charge is 0.225 e. The van der Waals surface area contributed by atoms with E-state index in [1.54, 1.807) is 6.07 Å². The molecule has 2 N–H and O–H groups in total. The Kier molecular flexibility index (Phi) is 4.94. The van der Waals surface area contributed by atoms with Gasteiger partial charge in [0.1, 0.15) is 5.82 Å². The number of carbonyl (C=O) groups is 1. The second-order valence-corrected chi connectivity index (χ2v) is 7.12. The van der Waals surface area contributed by atoms with Crippen molar-refractivity contribution in [3.05, 3.63) is 27.5 Å². The van der Waals surface area contributed by atoms with E-state index in [4.69, 9.17) is 0 Å². The highest BCUT2D eigenvalue weighted by atomic mass is 16.2. The van der Waals surface area contributed by atoms with Crippen molar-refractivity contribution < 1.29 is 4.79 Å². The average molecular weight is 305 g/mol. The van der Waals surface area contributed by atoms with E-state index in [2.05, 4.69) is 15.2 Å². The van der Waals surface area contributed by atoms with Gasteiger partial charge in [-0.15, -0.1) is 0 Å². The molecular formula is C17H27N3O2. The summed E-state index contributed by atoms with van der Waals surface area (Å²) >= 11 is 0. The van der Waals surface area contributed by atoms with Crippen molar-refractivity contribution in [1.82, 2.24) is 10.3 Å². The molecule has 1 aromatic heterocycles. The van der Waals surface area contributed by atoms with Crippen molar-refractivity contribution in [2.45, 2.75) is 53.5 Å². The quantitative estimate of drug-likeness (QED) is 0.901. The number of H-pyrrole nitrogens is 1. The number of hydrogen-bond donors (Lipinski definition) is 2. The lowest BCUT2D eigenvalue weighted by atomic mass is 9.95. The predicted octanol–water partition coefficient (Wildman–Crippen LogP) is 2.34. The summed E-state index contributed by atoms with van der Waals surface area (Å²) in [4.78, 5) is 30.0. The van der Waals surface area contributed by atoms with Gasteiger partial charge in [-0.1, -0.05) is 20.8 Å². The molecule has 0 radical (unpaired) electrons. The number of aromatic nitrogens is 1. The van der Waals surface area contributed by atoms with Crippen LogP contribution >= 0.6 is 0 Å². The maximum Gasteiger partial charge on any atom is 0.225 e. The molecular weight excluding hydrogens is 278 g/mol. The lowest BCUT2D eigenvalue weighted by Gasteiger charge is -2.30. The SMILES string of the molecule is Cc1cc(=O)c(CNC(=O)C(C)(C)C)c(N2CCCCC2)[nH]1. The Bertz CT molecular complexity index is 593. The number of amides is 1. The van der Waals surface area contributed by atoms with Crippen LogP contribution in [-0.4, -0.2) is 24.0 Å². The monoisotopic (exact) mass is 305 g/mol. The van der Waals surface area contributed by atoms with Gasteiger partial charge in [0.25, 0.3) is 0 Å². The highest BCUT2D eigenvalue weighted by Crippen LogP contribution is 2.21. The number of hydrogen-bond acceptors (Lipinski definition) is 3. The van der Waals surface area contributed by atoms with Gasteiger partial charge in [0.2, 0.25) is 5.91 Å². The Morgan fingerprint density at radius 1 is 1.27 bits per heavy atom. The Morgan fingerprint density at radius 2 is 1.91 bits per heavy atom. The molecule has 1 saturated heterocycles. The van der Waals surface area contributed by atoms with E-state index < -0.39 is 5.41 Å². The van der Waals surface area contributed by atoms with Gasteiger partial charge in [0, 0.05) is 30.3 Å². The van der Waals surface area contributed by atoms with E-state index in [-0.39, 0.29) is 17.9 Å². The van der Waals surface area contributed by atoms with E-state index in [0.29, 0.717) is 5.56 Å². The van der Waals surface area contributed by atoms with Crippen LogP contribution in [-0.2, 0) is 11.3 Å². The van der Waals surface area contributed by atoms with Crippen LogP contribution in [0.3, 0.4) is 0 Å². The van der Waals surface area contributed by atoms with Crippen molar-refractivity contribution >= 4 is 11.7 Å². The van der Waals surface area contributed by atoms with Crippen molar-refractivity contribution in [1.29, 1.82) is 0 Å². The highest BCUT2D eigenvalue weighted by molar-refractivity contribution is 5.81. The third kappa shape index (κ3) is 3.90. The first-order valence-electron chi connectivity index (χ1n) is 8.05. The minimum atomic E-state index is -0.456. The molecule has 1 aromatic rings. The lowest BCUT2D eigenvalue weighted by molar-refractivity contribution is -0.128. The van der Waals surface area contributed by atoms with Crippen LogP contribution in [0.1, 0.15) is 51.3 Å². The molecule has 0 bridgehead atoms. The number of aromatic amines is 1. The maximum atomic E-state index is 12.4. The second kappa shape index (κ2) is 6.55. The first kappa shape index (κ1) is 16.6. The van der Waals surface area contributed by atoms with Gasteiger partial charge in [-0.05, 0) is 26.2 Å². The zero-order chi connectivity index (χ0) is 16.3. The van der Waals surface area contributed by atoms with Crippen LogP contribution in [0, 0.1) is 12.3 Å². The first-order chi connectivity index (χ1) is 10.3. The Balaban J connectivity index is 2.25. The fraction of sp³-hybridized carbons (Fsp3) is 0.647. The summed E-state index contributed by atoms with van der Waals surface area (Å²) in [6.45, 7) is 9.69. The number of anilines is 1. The number of nitrogens with zero attached hydrogens (tertiary/aromatic N) is 1. The molecule has 0 aliphatic carbocycles. The molecule has 22 heavy (non-hydrogen) atoms. The average Bonchev–Trinajstić information content (AvgIpc) is 2.45. The highest BCUT2D eigenvalue weighted by Gasteiger charge is 2.23. The summed E-state index contributed by atoms with van der Waals surface area (Å²) in [7, 11) is 0. The molecule has 2 heterocycles. The molecule has 0 atom stereocenters. The zero-order valence-corrected chi connectivity index (χ0v) is 14.1. The van der Waals surface area contributed by atoms with Gasteiger partial charge in [0.15, 0.2) is 5.43 Å². The molecule has 1 aliphatic heterocycles. The first-order valence-corrected chi connectivity index (χ1v) is 8.05. The van der Waals surface area contributed by atoms with Crippen molar-refractivity contribution in [3.63, 3.8) is 0 Å². The predicted molar refractivity (Wildman–Crippen MR) is 89.2 cm³/mol. The Labute approximate surface area is 132 Å². The van der Waals surface area contributed by atoms with E-state index in [9.17, 15) is 9.59 Å². The third-order valence-electron chi connectivity index (χ3n) is 4.03. The topological polar surface area (TPSA) is 65.2 Å². The van der Waals surface area contributed by atoms with Crippen LogP contribution in [0.4, 0.5) is 5.82 Å². The molecule has 1 amide bonds. The van der Waals surface area contributed by atoms with Crippen LogP contribution in [0.2, 0.25) is 0 Å². The van der Waals surface area contributed by atoms with Gasteiger partial charge < -0.3 is 15.2 Å². The standard InChI is InChI=1S/C17H27N3O2/c1-12-10-14(21)13(11-18-16(22)17(2,3)4)15(19-12)20-8-6-5-7-9-20/h10H,5-9,11H2,1-4H3,(H,18,22)(H,19,21). The zero-order valence-electron chi connectivity index (χ0n) is 14.1. The molecule has 0 aromatic carbocycles. The molecule has 0 unspecified atom stereocenters. The summed E-state index contributed by atoms with van der Waals surface area (Å²) in [5.41, 5.74) is 1.05. The van der Waals surface area contributed by atoms with Crippen LogP contribution in [0.25, 0.3) is 0 Å². The number of pyridine rings is 1. The lowest BCUT2D eigenvalue weighted by Crippen LogP contribution is -2.38. The van der Waals surface area contributed by atoms with E-state index >= 15 is 0 Å². The minimum Gasteiger partial charge on any atom is -0.358 e. The maximum absolute atomic E-state index is 12.4. The summed E-state index contributed by atoms with van der Waals surface area (Å²) < 4.78 is 0. The molecule has 5 heteroatoms.